The highest BCUT2D eigenvalue weighted by molar-refractivity contribution is 7.99. The number of aliphatic carboxylic acids is 1. The lowest BCUT2D eigenvalue weighted by Gasteiger charge is -2.30. The maximum absolute atomic E-state index is 11.8. The molecular formula is C13H17N3O2S. The van der Waals surface area contributed by atoms with Crippen LogP contribution in [0, 0.1) is 5.92 Å². The molecule has 2 aliphatic rings. The van der Waals surface area contributed by atoms with Crippen LogP contribution in [0.5, 0.6) is 0 Å². The second-order valence-corrected chi connectivity index (χ2v) is 6.30. The highest BCUT2D eigenvalue weighted by atomic mass is 32.2. The molecular weight excluding hydrogens is 262 g/mol. The predicted octanol–water partition coefficient (Wildman–Crippen LogP) is 1.55. The van der Waals surface area contributed by atoms with E-state index in [1.165, 1.54) is 18.1 Å². The van der Waals surface area contributed by atoms with E-state index in [1.807, 2.05) is 6.07 Å². The van der Waals surface area contributed by atoms with Crippen LogP contribution in [-0.2, 0) is 4.79 Å². The van der Waals surface area contributed by atoms with Gasteiger partial charge in [0.1, 0.15) is 11.9 Å². The average Bonchev–Trinajstić information content (AvgIpc) is 3.28. The van der Waals surface area contributed by atoms with Crippen LogP contribution in [0.4, 0.5) is 0 Å². The van der Waals surface area contributed by atoms with Gasteiger partial charge in [-0.25, -0.2) is 9.97 Å². The smallest absolute Gasteiger partial charge is 0.325 e. The van der Waals surface area contributed by atoms with Gasteiger partial charge in [0.05, 0.1) is 5.03 Å². The summed E-state index contributed by atoms with van der Waals surface area (Å²) in [5.41, 5.74) is -0.781. The second-order valence-electron chi connectivity index (χ2n) is 5.31. The van der Waals surface area contributed by atoms with Gasteiger partial charge < -0.3 is 5.11 Å². The Kier molecular flexibility index (Phi) is 3.45. The first-order valence-electron chi connectivity index (χ1n) is 6.60. The molecule has 2 fully saturated rings. The lowest BCUT2D eigenvalue weighted by molar-refractivity contribution is -0.145. The van der Waals surface area contributed by atoms with Crippen LogP contribution in [0.3, 0.4) is 0 Å². The summed E-state index contributed by atoms with van der Waals surface area (Å²) in [6.45, 7) is 0. The van der Waals surface area contributed by atoms with Crippen molar-refractivity contribution in [3.63, 3.8) is 0 Å². The van der Waals surface area contributed by atoms with Gasteiger partial charge in [0.2, 0.25) is 0 Å². The maximum atomic E-state index is 11.8. The standard InChI is InChI=1S/C13H17N3O2S/c17-12(18)13(9-1-2-9,16-10-3-4-10)7-19-11-5-6-14-8-15-11/h5-6,8-10,16H,1-4,7H2,(H,17,18). The zero-order valence-corrected chi connectivity index (χ0v) is 11.4. The van der Waals surface area contributed by atoms with Crippen molar-refractivity contribution >= 4 is 17.7 Å². The number of thioether (sulfide) groups is 1. The summed E-state index contributed by atoms with van der Waals surface area (Å²) in [7, 11) is 0. The lowest BCUT2D eigenvalue weighted by atomic mass is 9.95. The van der Waals surface area contributed by atoms with Crippen molar-refractivity contribution < 1.29 is 9.90 Å². The molecule has 2 saturated carbocycles. The molecule has 0 radical (unpaired) electrons. The number of rotatable bonds is 7. The molecule has 1 aromatic rings. The molecule has 6 heteroatoms. The van der Waals surface area contributed by atoms with Gasteiger partial charge in [0, 0.05) is 18.0 Å². The van der Waals surface area contributed by atoms with E-state index in [0.717, 1.165) is 30.7 Å². The SMILES string of the molecule is O=C(O)C(CSc1ccncn1)(NC1CC1)C1CC1. The Hall–Kier alpha value is -1.14. The minimum Gasteiger partial charge on any atom is -0.480 e. The number of hydrogen-bond acceptors (Lipinski definition) is 5. The van der Waals surface area contributed by atoms with Crippen molar-refractivity contribution in [1.82, 2.24) is 15.3 Å². The molecule has 102 valence electrons. The van der Waals surface area contributed by atoms with Crippen LogP contribution in [-0.4, -0.2) is 38.4 Å². The number of carbonyl (C=O) groups is 1. The largest absolute Gasteiger partial charge is 0.480 e. The molecule has 0 bridgehead atoms. The van der Waals surface area contributed by atoms with Crippen molar-refractivity contribution in [1.29, 1.82) is 0 Å². The van der Waals surface area contributed by atoms with E-state index in [9.17, 15) is 9.90 Å². The molecule has 0 amide bonds. The number of carboxylic acids is 1. The summed E-state index contributed by atoms with van der Waals surface area (Å²) < 4.78 is 0. The van der Waals surface area contributed by atoms with Gasteiger partial charge in [-0.15, -0.1) is 11.8 Å². The number of hydrogen-bond donors (Lipinski definition) is 2. The summed E-state index contributed by atoms with van der Waals surface area (Å²) in [5, 5.41) is 13.9. The molecule has 5 nitrogen and oxygen atoms in total. The van der Waals surface area contributed by atoms with Gasteiger partial charge in [-0.05, 0) is 37.7 Å². The molecule has 1 heterocycles. The molecule has 1 unspecified atom stereocenters. The monoisotopic (exact) mass is 279 g/mol. The van der Waals surface area contributed by atoms with E-state index in [0.29, 0.717) is 11.8 Å². The van der Waals surface area contributed by atoms with Gasteiger partial charge in [-0.3, -0.25) is 10.1 Å². The van der Waals surface area contributed by atoms with E-state index in [2.05, 4.69) is 15.3 Å². The number of nitrogens with zero attached hydrogens (tertiary/aromatic N) is 2. The first kappa shape index (κ1) is 12.9. The molecule has 0 aromatic carbocycles. The highest BCUT2D eigenvalue weighted by Gasteiger charge is 2.53. The third kappa shape index (κ3) is 2.90. The van der Waals surface area contributed by atoms with Crippen molar-refractivity contribution in [2.75, 3.05) is 5.75 Å². The zero-order chi connectivity index (χ0) is 13.3. The number of nitrogens with one attached hydrogen (secondary N) is 1. The topological polar surface area (TPSA) is 75.1 Å². The summed E-state index contributed by atoms with van der Waals surface area (Å²) in [5.74, 6) is 0.0731. The van der Waals surface area contributed by atoms with Crippen molar-refractivity contribution in [2.45, 2.75) is 42.3 Å². The normalized spacial score (nSPS) is 21.9. The zero-order valence-electron chi connectivity index (χ0n) is 10.6. The Labute approximate surface area is 116 Å². The van der Waals surface area contributed by atoms with Crippen LogP contribution >= 0.6 is 11.8 Å². The van der Waals surface area contributed by atoms with E-state index < -0.39 is 11.5 Å². The lowest BCUT2D eigenvalue weighted by Crippen LogP contribution is -2.57. The van der Waals surface area contributed by atoms with Gasteiger partial charge in [-0.2, -0.15) is 0 Å². The van der Waals surface area contributed by atoms with E-state index in [4.69, 9.17) is 0 Å². The summed E-state index contributed by atoms with van der Waals surface area (Å²) >= 11 is 1.50. The van der Waals surface area contributed by atoms with Crippen molar-refractivity contribution in [2.24, 2.45) is 5.92 Å². The minimum absolute atomic E-state index is 0.264. The molecule has 1 aromatic heterocycles. The first-order valence-corrected chi connectivity index (χ1v) is 7.59. The minimum atomic E-state index is -0.781. The fourth-order valence-electron chi connectivity index (χ4n) is 2.30. The van der Waals surface area contributed by atoms with Gasteiger partial charge >= 0.3 is 5.97 Å². The summed E-state index contributed by atoms with van der Waals surface area (Å²) in [4.78, 5) is 19.8. The van der Waals surface area contributed by atoms with E-state index in [-0.39, 0.29) is 5.92 Å². The van der Waals surface area contributed by atoms with Crippen LogP contribution in [0.2, 0.25) is 0 Å². The molecule has 0 spiro atoms. The molecule has 2 N–H and O–H groups in total. The van der Waals surface area contributed by atoms with Crippen molar-refractivity contribution in [3.8, 4) is 0 Å². The van der Waals surface area contributed by atoms with Gasteiger partial charge in [0.15, 0.2) is 0 Å². The molecule has 0 aliphatic heterocycles. The third-order valence-electron chi connectivity index (χ3n) is 3.70. The average molecular weight is 279 g/mol. The summed E-state index contributed by atoms with van der Waals surface area (Å²) in [6, 6.07) is 2.21. The Morgan fingerprint density at radius 1 is 1.47 bits per heavy atom. The molecule has 1 atom stereocenters. The van der Waals surface area contributed by atoms with Crippen LogP contribution in [0.15, 0.2) is 23.6 Å². The first-order chi connectivity index (χ1) is 9.21. The summed E-state index contributed by atoms with van der Waals surface area (Å²) in [6.07, 6.45) is 7.39. The van der Waals surface area contributed by atoms with Crippen molar-refractivity contribution in [3.05, 3.63) is 18.6 Å². The van der Waals surface area contributed by atoms with Crippen LogP contribution in [0.25, 0.3) is 0 Å². The quantitative estimate of drug-likeness (QED) is 0.583. The molecule has 2 aliphatic carbocycles. The van der Waals surface area contributed by atoms with Crippen LogP contribution in [0.1, 0.15) is 25.7 Å². The predicted molar refractivity (Wildman–Crippen MR) is 72.0 cm³/mol. The van der Waals surface area contributed by atoms with E-state index >= 15 is 0 Å². The Balaban J connectivity index is 1.72. The molecule has 19 heavy (non-hydrogen) atoms. The molecule has 0 saturated heterocycles. The Bertz CT molecular complexity index is 462. The van der Waals surface area contributed by atoms with Gasteiger partial charge in [0.25, 0.3) is 0 Å². The fourth-order valence-corrected chi connectivity index (χ4v) is 3.39. The maximum Gasteiger partial charge on any atom is 0.325 e. The third-order valence-corrected chi connectivity index (χ3v) is 4.83. The highest BCUT2D eigenvalue weighted by Crippen LogP contribution is 2.44. The Morgan fingerprint density at radius 3 is 2.79 bits per heavy atom. The van der Waals surface area contributed by atoms with Gasteiger partial charge in [-0.1, -0.05) is 0 Å². The molecule has 3 rings (SSSR count). The Morgan fingerprint density at radius 2 is 2.26 bits per heavy atom. The van der Waals surface area contributed by atoms with Crippen LogP contribution < -0.4 is 5.32 Å². The fraction of sp³-hybridized carbons (Fsp3) is 0.615. The number of aromatic nitrogens is 2. The number of carboxylic acid groups (broad SMARTS) is 1. The van der Waals surface area contributed by atoms with E-state index in [1.54, 1.807) is 6.20 Å². The second kappa shape index (κ2) is 5.09.